The summed E-state index contributed by atoms with van der Waals surface area (Å²) in [6.07, 6.45) is 1.68. The third-order valence-electron chi connectivity index (χ3n) is 2.29. The van der Waals surface area contributed by atoms with Gasteiger partial charge in [0.1, 0.15) is 0 Å². The van der Waals surface area contributed by atoms with Crippen molar-refractivity contribution in [3.63, 3.8) is 0 Å². The molecule has 0 radical (unpaired) electrons. The monoisotopic (exact) mass is 295 g/mol. The van der Waals surface area contributed by atoms with E-state index in [9.17, 15) is 0 Å². The van der Waals surface area contributed by atoms with Crippen LogP contribution < -0.4 is 20.2 Å². The number of thiocarbonyl (C=S) groups is 1. The summed E-state index contributed by atoms with van der Waals surface area (Å²) in [5.41, 5.74) is 3.66. The summed E-state index contributed by atoms with van der Waals surface area (Å²) < 4.78 is 10.7. The van der Waals surface area contributed by atoms with E-state index in [0.29, 0.717) is 23.2 Å². The summed E-state index contributed by atoms with van der Waals surface area (Å²) in [6, 6.07) is 5.88. The van der Waals surface area contributed by atoms with Crippen molar-refractivity contribution in [2.45, 2.75) is 26.8 Å². The first-order valence-corrected chi connectivity index (χ1v) is 6.88. The molecule has 0 unspecified atom stereocenters. The van der Waals surface area contributed by atoms with Crippen LogP contribution in [0.25, 0.3) is 0 Å². The number of hydrazone groups is 1. The highest BCUT2D eigenvalue weighted by atomic mass is 32.1. The average Bonchev–Trinajstić information content (AvgIpc) is 2.38. The van der Waals surface area contributed by atoms with Gasteiger partial charge in [0.05, 0.1) is 19.9 Å². The molecule has 0 heterocycles. The fourth-order valence-electron chi connectivity index (χ4n) is 1.50. The molecule has 0 atom stereocenters. The maximum absolute atomic E-state index is 5.50. The zero-order valence-electron chi connectivity index (χ0n) is 12.3. The molecule has 110 valence electrons. The number of benzene rings is 1. The van der Waals surface area contributed by atoms with Crippen molar-refractivity contribution in [2.75, 3.05) is 13.7 Å². The lowest BCUT2D eigenvalue weighted by molar-refractivity contribution is 0.311. The molecule has 0 aromatic heterocycles. The molecule has 0 fully saturated rings. The molecular formula is C14H21N3O2S. The third-order valence-corrected chi connectivity index (χ3v) is 2.50. The molecule has 0 spiro atoms. The van der Waals surface area contributed by atoms with Crippen LogP contribution in [0.3, 0.4) is 0 Å². The summed E-state index contributed by atoms with van der Waals surface area (Å²) >= 11 is 5.07. The van der Waals surface area contributed by atoms with Crippen LogP contribution in [0.15, 0.2) is 23.3 Å². The first-order chi connectivity index (χ1) is 9.56. The highest BCUT2D eigenvalue weighted by molar-refractivity contribution is 7.80. The molecule has 0 aliphatic rings. The summed E-state index contributed by atoms with van der Waals surface area (Å²) in [4.78, 5) is 0. The molecule has 0 saturated carbocycles. The molecule has 0 bridgehead atoms. The maximum Gasteiger partial charge on any atom is 0.187 e. The highest BCUT2D eigenvalue weighted by Crippen LogP contribution is 2.27. The van der Waals surface area contributed by atoms with Crippen molar-refractivity contribution in [3.8, 4) is 11.5 Å². The Kier molecular flexibility index (Phi) is 6.79. The molecule has 1 rings (SSSR count). The second-order valence-electron chi connectivity index (χ2n) is 4.34. The van der Waals surface area contributed by atoms with E-state index >= 15 is 0 Å². The number of hydrogen-bond acceptors (Lipinski definition) is 4. The average molecular weight is 295 g/mol. The van der Waals surface area contributed by atoms with Crippen molar-refractivity contribution in [3.05, 3.63) is 23.8 Å². The number of nitrogens with one attached hydrogen (secondary N) is 2. The second-order valence-corrected chi connectivity index (χ2v) is 4.75. The molecular weight excluding hydrogens is 274 g/mol. The first kappa shape index (κ1) is 16.2. The molecule has 0 aliphatic carbocycles. The smallest absolute Gasteiger partial charge is 0.187 e. The largest absolute Gasteiger partial charge is 0.493 e. The van der Waals surface area contributed by atoms with Gasteiger partial charge in [-0.2, -0.15) is 5.10 Å². The van der Waals surface area contributed by atoms with Crippen LogP contribution in [0.2, 0.25) is 0 Å². The minimum atomic E-state index is 0.274. The first-order valence-electron chi connectivity index (χ1n) is 6.47. The fourth-order valence-corrected chi connectivity index (χ4v) is 1.79. The van der Waals surface area contributed by atoms with Gasteiger partial charge < -0.3 is 14.8 Å². The van der Waals surface area contributed by atoms with Crippen LogP contribution >= 0.6 is 12.2 Å². The van der Waals surface area contributed by atoms with Crippen molar-refractivity contribution >= 4 is 23.5 Å². The Morgan fingerprint density at radius 1 is 1.40 bits per heavy atom. The minimum Gasteiger partial charge on any atom is -0.493 e. The minimum absolute atomic E-state index is 0.274. The number of methoxy groups -OCH3 is 1. The molecule has 0 amide bonds. The van der Waals surface area contributed by atoms with Crippen molar-refractivity contribution < 1.29 is 9.47 Å². The quantitative estimate of drug-likeness (QED) is 0.479. The normalized spacial score (nSPS) is 10.7. The van der Waals surface area contributed by atoms with Gasteiger partial charge in [-0.1, -0.05) is 0 Å². The topological polar surface area (TPSA) is 54.9 Å². The van der Waals surface area contributed by atoms with E-state index in [1.54, 1.807) is 13.3 Å². The summed E-state index contributed by atoms with van der Waals surface area (Å²) in [7, 11) is 1.61. The van der Waals surface area contributed by atoms with Gasteiger partial charge in [-0.3, -0.25) is 5.43 Å². The van der Waals surface area contributed by atoms with Gasteiger partial charge in [-0.25, -0.2) is 0 Å². The molecule has 0 saturated heterocycles. The summed E-state index contributed by atoms with van der Waals surface area (Å²) in [6.45, 7) is 6.53. The van der Waals surface area contributed by atoms with E-state index in [2.05, 4.69) is 15.8 Å². The van der Waals surface area contributed by atoms with Gasteiger partial charge >= 0.3 is 0 Å². The zero-order chi connectivity index (χ0) is 15.0. The Hall–Kier alpha value is -1.82. The van der Waals surface area contributed by atoms with Crippen LogP contribution in [0.4, 0.5) is 0 Å². The SMILES string of the molecule is CCOc1cc(/C=N\NC(=S)NC(C)C)ccc1OC. The number of nitrogens with zero attached hydrogens (tertiary/aromatic N) is 1. The Morgan fingerprint density at radius 2 is 2.15 bits per heavy atom. The molecule has 2 N–H and O–H groups in total. The van der Waals surface area contributed by atoms with Gasteiger partial charge in [-0.05, 0) is 56.8 Å². The van der Waals surface area contributed by atoms with Crippen LogP contribution in [0, 0.1) is 0 Å². The third kappa shape index (κ3) is 5.44. The summed E-state index contributed by atoms with van der Waals surface area (Å²) in [5, 5.41) is 7.61. The van der Waals surface area contributed by atoms with Crippen molar-refractivity contribution in [1.82, 2.24) is 10.7 Å². The molecule has 1 aromatic rings. The number of hydrogen-bond donors (Lipinski definition) is 2. The summed E-state index contributed by atoms with van der Waals surface area (Å²) in [5.74, 6) is 1.40. The predicted octanol–water partition coefficient (Wildman–Crippen LogP) is 2.30. The Balaban J connectivity index is 2.67. The molecule has 20 heavy (non-hydrogen) atoms. The predicted molar refractivity (Wildman–Crippen MR) is 85.8 cm³/mol. The van der Waals surface area contributed by atoms with Crippen molar-refractivity contribution in [2.24, 2.45) is 5.10 Å². The molecule has 0 aliphatic heterocycles. The van der Waals surface area contributed by atoms with Crippen LogP contribution in [-0.4, -0.2) is 31.1 Å². The van der Waals surface area contributed by atoms with Crippen molar-refractivity contribution in [1.29, 1.82) is 0 Å². The Morgan fingerprint density at radius 3 is 2.75 bits per heavy atom. The van der Waals surface area contributed by atoms with Gasteiger partial charge in [0, 0.05) is 6.04 Å². The van der Waals surface area contributed by atoms with E-state index in [1.165, 1.54) is 0 Å². The molecule has 6 heteroatoms. The fraction of sp³-hybridized carbons (Fsp3) is 0.429. The van der Waals surface area contributed by atoms with E-state index in [0.717, 1.165) is 5.56 Å². The second kappa shape index (κ2) is 8.37. The Labute approximate surface area is 125 Å². The lowest BCUT2D eigenvalue weighted by Gasteiger charge is -2.10. The maximum atomic E-state index is 5.50. The van der Waals surface area contributed by atoms with E-state index in [4.69, 9.17) is 21.7 Å². The van der Waals surface area contributed by atoms with Gasteiger partial charge in [0.2, 0.25) is 0 Å². The Bertz CT molecular complexity index is 475. The molecule has 5 nitrogen and oxygen atoms in total. The van der Waals surface area contributed by atoms with Gasteiger partial charge in [0.15, 0.2) is 16.6 Å². The van der Waals surface area contributed by atoms with E-state index < -0.39 is 0 Å². The van der Waals surface area contributed by atoms with Gasteiger partial charge in [0.25, 0.3) is 0 Å². The van der Waals surface area contributed by atoms with Crippen LogP contribution in [0.1, 0.15) is 26.3 Å². The molecule has 1 aromatic carbocycles. The zero-order valence-corrected chi connectivity index (χ0v) is 13.1. The highest BCUT2D eigenvalue weighted by Gasteiger charge is 2.04. The lowest BCUT2D eigenvalue weighted by Crippen LogP contribution is -2.36. The van der Waals surface area contributed by atoms with E-state index in [-0.39, 0.29) is 6.04 Å². The van der Waals surface area contributed by atoms with Crippen LogP contribution in [-0.2, 0) is 0 Å². The van der Waals surface area contributed by atoms with Crippen LogP contribution in [0.5, 0.6) is 11.5 Å². The number of rotatable bonds is 6. The number of ether oxygens (including phenoxy) is 2. The standard InChI is InChI=1S/C14H21N3O2S/c1-5-19-13-8-11(6-7-12(13)18-4)9-15-17-14(20)16-10(2)3/h6-10H,5H2,1-4H3,(H2,16,17,20)/b15-9-. The van der Waals surface area contributed by atoms with E-state index in [1.807, 2.05) is 39.0 Å². The lowest BCUT2D eigenvalue weighted by atomic mass is 10.2. The van der Waals surface area contributed by atoms with Gasteiger partial charge in [-0.15, -0.1) is 0 Å².